The van der Waals surface area contributed by atoms with Gasteiger partial charge in [-0.1, -0.05) is 30.9 Å². The summed E-state index contributed by atoms with van der Waals surface area (Å²) < 4.78 is 7.72. The maximum Gasteiger partial charge on any atom is 0.244 e. The molecule has 1 aromatic heterocycles. The molecule has 1 aromatic carbocycles. The largest absolute Gasteiger partial charge is 0.488 e. The number of carbonyl (C=O) groups excluding carboxylic acids is 1. The van der Waals surface area contributed by atoms with Gasteiger partial charge in [0, 0.05) is 43.3 Å². The van der Waals surface area contributed by atoms with Gasteiger partial charge >= 0.3 is 0 Å². The summed E-state index contributed by atoms with van der Waals surface area (Å²) in [5.74, 6) is 1.04. The van der Waals surface area contributed by atoms with Crippen molar-refractivity contribution in [2.24, 2.45) is 0 Å². The normalized spacial score (nSPS) is 20.1. The number of hydrogen-bond acceptors (Lipinski definition) is 4. The highest BCUT2D eigenvalue weighted by Gasteiger charge is 2.28. The van der Waals surface area contributed by atoms with Gasteiger partial charge in [0.25, 0.3) is 0 Å². The molecule has 5 rings (SSSR count). The minimum atomic E-state index is 0.167. The number of ether oxygens (including phenoxy) is 1. The summed E-state index contributed by atoms with van der Waals surface area (Å²) in [6.45, 7) is 6.56. The van der Waals surface area contributed by atoms with Crippen molar-refractivity contribution < 1.29 is 9.53 Å². The van der Waals surface area contributed by atoms with E-state index in [2.05, 4.69) is 29.1 Å². The predicted molar refractivity (Wildman–Crippen MR) is 112 cm³/mol. The molecule has 2 aliphatic heterocycles. The summed E-state index contributed by atoms with van der Waals surface area (Å²) in [6.07, 6.45) is 8.60. The zero-order chi connectivity index (χ0) is 19.8. The van der Waals surface area contributed by atoms with Crippen molar-refractivity contribution in [3.8, 4) is 17.0 Å². The first-order valence-electron chi connectivity index (χ1n) is 11.0. The summed E-state index contributed by atoms with van der Waals surface area (Å²) >= 11 is 0. The molecule has 3 heterocycles. The lowest BCUT2D eigenvalue weighted by atomic mass is 9.94. The van der Waals surface area contributed by atoms with Gasteiger partial charge in [-0.25, -0.2) is 0 Å². The molecule has 0 radical (unpaired) electrons. The predicted octanol–water partition coefficient (Wildman–Crippen LogP) is 3.23. The monoisotopic (exact) mass is 394 g/mol. The Kier molecular flexibility index (Phi) is 5.04. The van der Waals surface area contributed by atoms with Crippen molar-refractivity contribution in [3.05, 3.63) is 35.5 Å². The van der Waals surface area contributed by atoms with Crippen LogP contribution in [0.4, 0.5) is 0 Å². The second-order valence-electron chi connectivity index (χ2n) is 8.67. The van der Waals surface area contributed by atoms with Gasteiger partial charge < -0.3 is 9.64 Å². The third-order valence-corrected chi connectivity index (χ3v) is 6.73. The molecule has 0 unspecified atom stereocenters. The van der Waals surface area contributed by atoms with Gasteiger partial charge in [0.2, 0.25) is 5.91 Å². The zero-order valence-corrected chi connectivity index (χ0v) is 17.3. The van der Waals surface area contributed by atoms with Gasteiger partial charge in [0.1, 0.15) is 18.9 Å². The third kappa shape index (κ3) is 3.66. The van der Waals surface area contributed by atoms with E-state index in [1.165, 1.54) is 37.7 Å². The first kappa shape index (κ1) is 18.7. The molecule has 29 heavy (non-hydrogen) atoms. The Morgan fingerprint density at radius 2 is 1.93 bits per heavy atom. The van der Waals surface area contributed by atoms with Gasteiger partial charge in [-0.3, -0.25) is 14.4 Å². The number of aromatic nitrogens is 2. The summed E-state index contributed by atoms with van der Waals surface area (Å²) in [4.78, 5) is 17.7. The molecule has 0 atom stereocenters. The van der Waals surface area contributed by atoms with Crippen molar-refractivity contribution >= 4 is 5.91 Å². The van der Waals surface area contributed by atoms with Crippen LogP contribution in [0.3, 0.4) is 0 Å². The van der Waals surface area contributed by atoms with E-state index >= 15 is 0 Å². The summed E-state index contributed by atoms with van der Waals surface area (Å²) in [7, 11) is 0. The van der Waals surface area contributed by atoms with Crippen LogP contribution < -0.4 is 4.74 Å². The number of amides is 1. The topological polar surface area (TPSA) is 50.6 Å². The first-order valence-corrected chi connectivity index (χ1v) is 11.0. The number of rotatable bonds is 3. The minimum Gasteiger partial charge on any atom is -0.488 e. The van der Waals surface area contributed by atoms with E-state index in [1.54, 1.807) is 0 Å². The second kappa shape index (κ2) is 7.82. The third-order valence-electron chi connectivity index (χ3n) is 6.73. The first-order chi connectivity index (χ1) is 14.2. The van der Waals surface area contributed by atoms with E-state index in [0.717, 1.165) is 54.8 Å². The maximum atomic E-state index is 13.0. The second-order valence-corrected chi connectivity index (χ2v) is 8.67. The molecule has 0 N–H and O–H groups in total. The van der Waals surface area contributed by atoms with E-state index in [0.29, 0.717) is 13.2 Å². The van der Waals surface area contributed by atoms with Gasteiger partial charge in [-0.05, 0) is 31.9 Å². The van der Waals surface area contributed by atoms with Crippen LogP contribution in [-0.4, -0.2) is 57.7 Å². The highest BCUT2D eigenvalue weighted by Crippen LogP contribution is 2.38. The van der Waals surface area contributed by atoms with Crippen LogP contribution in [0, 0.1) is 6.92 Å². The molecular weight excluding hydrogens is 364 g/mol. The van der Waals surface area contributed by atoms with E-state index < -0.39 is 0 Å². The van der Waals surface area contributed by atoms with Crippen molar-refractivity contribution in [1.29, 1.82) is 0 Å². The minimum absolute atomic E-state index is 0.167. The standard InChI is InChI=1S/C23H30N4O2/c1-17-7-8-21-20(13-17)23-18(16-29-21)14-24-27(23)15-22(28)26-11-9-25(10-12-26)19-5-3-2-4-6-19/h7-8,13-14,19H,2-6,9-12,15-16H2,1H3. The van der Waals surface area contributed by atoms with Crippen molar-refractivity contribution in [1.82, 2.24) is 19.6 Å². The van der Waals surface area contributed by atoms with Crippen molar-refractivity contribution in [2.45, 2.75) is 58.2 Å². The van der Waals surface area contributed by atoms with Crippen LogP contribution in [0.15, 0.2) is 24.4 Å². The van der Waals surface area contributed by atoms with Crippen LogP contribution in [0.25, 0.3) is 11.3 Å². The van der Waals surface area contributed by atoms with E-state index in [-0.39, 0.29) is 5.91 Å². The molecule has 1 saturated carbocycles. The highest BCUT2D eigenvalue weighted by molar-refractivity contribution is 5.78. The fourth-order valence-corrected chi connectivity index (χ4v) is 5.08. The Hall–Kier alpha value is -2.34. The molecule has 2 fully saturated rings. The van der Waals surface area contributed by atoms with E-state index in [9.17, 15) is 4.79 Å². The molecular formula is C23H30N4O2. The fraction of sp³-hybridized carbons (Fsp3) is 0.565. The molecule has 0 spiro atoms. The van der Waals surface area contributed by atoms with Crippen molar-refractivity contribution in [3.63, 3.8) is 0 Å². The van der Waals surface area contributed by atoms with Crippen LogP contribution in [0.2, 0.25) is 0 Å². The van der Waals surface area contributed by atoms with E-state index in [1.807, 2.05) is 21.8 Å². The van der Waals surface area contributed by atoms with Crippen LogP contribution in [0.1, 0.15) is 43.2 Å². The van der Waals surface area contributed by atoms with Gasteiger partial charge in [-0.2, -0.15) is 5.10 Å². The molecule has 154 valence electrons. The number of benzene rings is 1. The lowest BCUT2D eigenvalue weighted by molar-refractivity contribution is -0.134. The van der Waals surface area contributed by atoms with Gasteiger partial charge in [-0.15, -0.1) is 0 Å². The van der Waals surface area contributed by atoms with Crippen LogP contribution >= 0.6 is 0 Å². The number of fused-ring (bicyclic) bond motifs is 3. The molecule has 0 bridgehead atoms. The number of piperazine rings is 1. The molecule has 3 aliphatic rings. The Labute approximate surface area is 172 Å². The Bertz CT molecular complexity index is 892. The molecule has 6 nitrogen and oxygen atoms in total. The Balaban J connectivity index is 1.26. The SMILES string of the molecule is Cc1ccc2c(c1)-c1c(cnn1CC(=O)N1CCN(C3CCCCC3)CC1)CO2. The number of nitrogens with zero attached hydrogens (tertiary/aromatic N) is 4. The number of carbonyl (C=O) groups is 1. The zero-order valence-electron chi connectivity index (χ0n) is 17.3. The quantitative estimate of drug-likeness (QED) is 0.802. The molecule has 1 saturated heterocycles. The lowest BCUT2D eigenvalue weighted by Crippen LogP contribution is -2.52. The number of hydrogen-bond donors (Lipinski definition) is 0. The lowest BCUT2D eigenvalue weighted by Gasteiger charge is -2.40. The highest BCUT2D eigenvalue weighted by atomic mass is 16.5. The number of aryl methyl sites for hydroxylation is 1. The fourth-order valence-electron chi connectivity index (χ4n) is 5.08. The Morgan fingerprint density at radius 1 is 1.14 bits per heavy atom. The summed E-state index contributed by atoms with van der Waals surface area (Å²) in [6, 6.07) is 6.93. The average Bonchev–Trinajstić information content (AvgIpc) is 3.17. The van der Waals surface area contributed by atoms with Crippen LogP contribution in [0.5, 0.6) is 5.75 Å². The molecule has 6 heteroatoms. The molecule has 1 aliphatic carbocycles. The smallest absolute Gasteiger partial charge is 0.244 e. The Morgan fingerprint density at radius 3 is 2.72 bits per heavy atom. The van der Waals surface area contributed by atoms with Gasteiger partial charge in [0.15, 0.2) is 0 Å². The van der Waals surface area contributed by atoms with Crippen LogP contribution in [-0.2, 0) is 17.9 Å². The summed E-state index contributed by atoms with van der Waals surface area (Å²) in [5.41, 5.74) is 4.30. The summed E-state index contributed by atoms with van der Waals surface area (Å²) in [5, 5.41) is 4.53. The van der Waals surface area contributed by atoms with E-state index in [4.69, 9.17) is 4.74 Å². The van der Waals surface area contributed by atoms with Gasteiger partial charge in [0.05, 0.1) is 11.9 Å². The molecule has 2 aromatic rings. The maximum absolute atomic E-state index is 13.0. The molecule has 1 amide bonds. The average molecular weight is 395 g/mol. The van der Waals surface area contributed by atoms with Crippen molar-refractivity contribution in [2.75, 3.05) is 26.2 Å².